The Morgan fingerprint density at radius 3 is 2.68 bits per heavy atom. The zero-order chi connectivity index (χ0) is 20.1. The van der Waals surface area contributed by atoms with Crippen molar-refractivity contribution in [3.05, 3.63) is 69.5 Å². The molecule has 0 saturated heterocycles. The lowest BCUT2D eigenvalue weighted by atomic mass is 10.0. The highest BCUT2D eigenvalue weighted by molar-refractivity contribution is 7.80. The van der Waals surface area contributed by atoms with Gasteiger partial charge in [-0.25, -0.2) is 4.98 Å². The van der Waals surface area contributed by atoms with Crippen LogP contribution in [-0.4, -0.2) is 21.2 Å². The van der Waals surface area contributed by atoms with Gasteiger partial charge in [-0.2, -0.15) is 0 Å². The summed E-state index contributed by atoms with van der Waals surface area (Å²) in [4.78, 5) is 15.8. The minimum Gasteiger partial charge on any atom is -0.481 e. The van der Waals surface area contributed by atoms with Crippen LogP contribution in [0.15, 0.2) is 53.9 Å². The van der Waals surface area contributed by atoms with Crippen LogP contribution in [0.25, 0.3) is 11.3 Å². The maximum absolute atomic E-state index is 11.3. The summed E-state index contributed by atoms with van der Waals surface area (Å²) in [5.41, 5.74) is 3.49. The van der Waals surface area contributed by atoms with Crippen LogP contribution in [0.3, 0.4) is 0 Å². The van der Waals surface area contributed by atoms with Crippen molar-refractivity contribution >= 4 is 51.9 Å². The first-order valence-electron chi connectivity index (χ1n) is 8.48. The first-order chi connectivity index (χ1) is 13.4. The van der Waals surface area contributed by atoms with Crippen LogP contribution in [0.1, 0.15) is 23.0 Å². The fourth-order valence-corrected chi connectivity index (χ4v) is 3.71. The fourth-order valence-electron chi connectivity index (χ4n) is 2.70. The van der Waals surface area contributed by atoms with Gasteiger partial charge in [0, 0.05) is 21.7 Å². The van der Waals surface area contributed by atoms with E-state index in [4.69, 9.17) is 23.8 Å². The van der Waals surface area contributed by atoms with Crippen LogP contribution in [0.2, 0.25) is 5.02 Å². The van der Waals surface area contributed by atoms with Crippen molar-refractivity contribution in [2.75, 3.05) is 5.32 Å². The predicted octanol–water partition coefficient (Wildman–Crippen LogP) is 5.27. The normalized spacial score (nSPS) is 11.6. The first-order valence-corrected chi connectivity index (χ1v) is 10.1. The van der Waals surface area contributed by atoms with E-state index in [0.717, 1.165) is 27.5 Å². The van der Waals surface area contributed by atoms with Crippen LogP contribution in [0.5, 0.6) is 0 Å². The monoisotopic (exact) mass is 431 g/mol. The molecular formula is C20H18ClN3O2S2. The zero-order valence-corrected chi connectivity index (χ0v) is 17.4. The molecule has 0 saturated carbocycles. The van der Waals surface area contributed by atoms with Gasteiger partial charge >= 0.3 is 5.97 Å². The van der Waals surface area contributed by atoms with Crippen molar-refractivity contribution < 1.29 is 9.90 Å². The molecule has 144 valence electrons. The number of carboxylic acids is 1. The number of nitrogens with one attached hydrogen (secondary N) is 2. The van der Waals surface area contributed by atoms with Gasteiger partial charge in [0.2, 0.25) is 0 Å². The van der Waals surface area contributed by atoms with Crippen molar-refractivity contribution in [2.45, 2.75) is 19.4 Å². The Bertz CT molecular complexity index is 989. The first kappa shape index (κ1) is 20.3. The molecular weight excluding hydrogens is 414 g/mol. The smallest absolute Gasteiger partial charge is 0.305 e. The van der Waals surface area contributed by atoms with Crippen LogP contribution in [0, 0.1) is 6.92 Å². The van der Waals surface area contributed by atoms with Gasteiger partial charge in [0.25, 0.3) is 0 Å². The number of thiocarbonyl (C=S) groups is 1. The Labute approximate surface area is 177 Å². The molecule has 0 amide bonds. The average Bonchev–Trinajstić information content (AvgIpc) is 3.08. The van der Waals surface area contributed by atoms with Crippen LogP contribution < -0.4 is 10.6 Å². The number of aromatic nitrogens is 1. The summed E-state index contributed by atoms with van der Waals surface area (Å²) in [6.45, 7) is 1.97. The molecule has 1 heterocycles. The molecule has 0 bridgehead atoms. The van der Waals surface area contributed by atoms with E-state index in [9.17, 15) is 9.90 Å². The lowest BCUT2D eigenvalue weighted by molar-refractivity contribution is -0.137. The van der Waals surface area contributed by atoms with E-state index in [-0.39, 0.29) is 6.42 Å². The molecule has 3 aromatic rings. The quantitative estimate of drug-likeness (QED) is 0.461. The third kappa shape index (κ3) is 5.51. The SMILES string of the molecule is Cc1nc(-c2cccc(NC(=S)N[C@H](CC(=O)O)c3ccc(Cl)cc3)c2)cs1. The Kier molecular flexibility index (Phi) is 6.61. The minimum atomic E-state index is -0.920. The Hall–Kier alpha value is -2.48. The molecule has 0 aliphatic rings. The number of nitrogens with zero attached hydrogens (tertiary/aromatic N) is 1. The predicted molar refractivity (Wildman–Crippen MR) is 118 cm³/mol. The van der Waals surface area contributed by atoms with Crippen LogP contribution in [-0.2, 0) is 4.79 Å². The van der Waals surface area contributed by atoms with Crippen LogP contribution in [0.4, 0.5) is 5.69 Å². The molecule has 3 rings (SSSR count). The largest absolute Gasteiger partial charge is 0.481 e. The van der Waals surface area contributed by atoms with E-state index in [1.807, 2.05) is 36.6 Å². The summed E-state index contributed by atoms with van der Waals surface area (Å²) < 4.78 is 0. The summed E-state index contributed by atoms with van der Waals surface area (Å²) in [7, 11) is 0. The number of hydrogen-bond acceptors (Lipinski definition) is 4. The number of thiazole rings is 1. The summed E-state index contributed by atoms with van der Waals surface area (Å²) in [5, 5.41) is 19.4. The highest BCUT2D eigenvalue weighted by Gasteiger charge is 2.17. The Morgan fingerprint density at radius 1 is 1.29 bits per heavy atom. The fraction of sp³-hybridized carbons (Fsp3) is 0.150. The number of aliphatic carboxylic acids is 1. The molecule has 1 aromatic heterocycles. The van der Waals surface area contributed by atoms with Crippen molar-refractivity contribution in [3.8, 4) is 11.3 Å². The van der Waals surface area contributed by atoms with Gasteiger partial charge in [-0.05, 0) is 49.0 Å². The molecule has 3 N–H and O–H groups in total. The molecule has 2 aromatic carbocycles. The third-order valence-electron chi connectivity index (χ3n) is 3.99. The molecule has 8 heteroatoms. The van der Waals surface area contributed by atoms with Crippen molar-refractivity contribution in [1.82, 2.24) is 10.3 Å². The maximum Gasteiger partial charge on any atom is 0.305 e. The van der Waals surface area contributed by atoms with E-state index in [0.29, 0.717) is 10.1 Å². The number of hydrogen-bond donors (Lipinski definition) is 3. The van der Waals surface area contributed by atoms with Gasteiger partial charge in [0.05, 0.1) is 23.2 Å². The third-order valence-corrected chi connectivity index (χ3v) is 5.24. The standard InChI is InChI=1S/C20H18ClN3O2S2/c1-12-22-18(11-28-12)14-3-2-4-16(9-14)23-20(27)24-17(10-19(25)26)13-5-7-15(21)8-6-13/h2-9,11,17H,10H2,1H3,(H,25,26)(H2,23,24,27)/t17-/m1/s1. The molecule has 0 aliphatic carbocycles. The second-order valence-corrected chi connectivity index (χ2v) is 8.04. The van der Waals surface area contributed by atoms with Crippen molar-refractivity contribution in [1.29, 1.82) is 0 Å². The van der Waals surface area contributed by atoms with E-state index < -0.39 is 12.0 Å². The number of benzene rings is 2. The summed E-state index contributed by atoms with van der Waals surface area (Å²) in [5.74, 6) is -0.920. The van der Waals surface area contributed by atoms with Gasteiger partial charge < -0.3 is 15.7 Å². The number of rotatable bonds is 6. The van der Waals surface area contributed by atoms with Gasteiger partial charge in [-0.15, -0.1) is 11.3 Å². The van der Waals surface area contributed by atoms with Crippen molar-refractivity contribution in [2.24, 2.45) is 0 Å². The van der Waals surface area contributed by atoms with Gasteiger partial charge in [0.1, 0.15) is 0 Å². The molecule has 0 radical (unpaired) electrons. The summed E-state index contributed by atoms with van der Waals surface area (Å²) >= 11 is 12.9. The van der Waals surface area contributed by atoms with Crippen molar-refractivity contribution in [3.63, 3.8) is 0 Å². The Balaban J connectivity index is 1.72. The summed E-state index contributed by atoms with van der Waals surface area (Å²) in [6.07, 6.45) is -0.110. The molecule has 5 nitrogen and oxygen atoms in total. The second kappa shape index (κ2) is 9.14. The molecule has 0 aliphatic heterocycles. The van der Waals surface area contributed by atoms with Crippen LogP contribution >= 0.6 is 35.2 Å². The average molecular weight is 432 g/mol. The maximum atomic E-state index is 11.3. The number of anilines is 1. The molecule has 28 heavy (non-hydrogen) atoms. The van der Waals surface area contributed by atoms with E-state index in [1.165, 1.54) is 0 Å². The lowest BCUT2D eigenvalue weighted by Crippen LogP contribution is -2.33. The van der Waals surface area contributed by atoms with Gasteiger partial charge in [-0.1, -0.05) is 35.9 Å². The molecule has 0 spiro atoms. The number of halogens is 1. The summed E-state index contributed by atoms with van der Waals surface area (Å²) in [6, 6.07) is 14.3. The lowest BCUT2D eigenvalue weighted by Gasteiger charge is -2.20. The number of carbonyl (C=O) groups is 1. The van der Waals surface area contributed by atoms with E-state index >= 15 is 0 Å². The van der Waals surface area contributed by atoms with E-state index in [1.54, 1.807) is 35.6 Å². The number of carboxylic acid groups (broad SMARTS) is 1. The van der Waals surface area contributed by atoms with E-state index in [2.05, 4.69) is 15.6 Å². The molecule has 0 fully saturated rings. The highest BCUT2D eigenvalue weighted by Crippen LogP contribution is 2.24. The topological polar surface area (TPSA) is 74.2 Å². The molecule has 0 unspecified atom stereocenters. The second-order valence-electron chi connectivity index (χ2n) is 6.13. The Morgan fingerprint density at radius 2 is 2.04 bits per heavy atom. The number of aryl methyl sites for hydroxylation is 1. The zero-order valence-electron chi connectivity index (χ0n) is 15.0. The van der Waals surface area contributed by atoms with Gasteiger partial charge in [-0.3, -0.25) is 4.79 Å². The van der Waals surface area contributed by atoms with Gasteiger partial charge in [0.15, 0.2) is 5.11 Å². The molecule has 1 atom stereocenters. The highest BCUT2D eigenvalue weighted by atomic mass is 35.5. The minimum absolute atomic E-state index is 0.110.